The van der Waals surface area contributed by atoms with Crippen LogP contribution in [0, 0.1) is 0 Å². The standard InChI is InChI=1S/C17H16Cl2N2O3S/c18-13-4-6-14(7-5-13)20-25(23,24)16-11-12(3-8-15(16)19)17(22)21-9-1-2-10-21/h3-8,11,20H,1-2,9-10H2. The maximum atomic E-state index is 12.6. The first-order valence-corrected chi connectivity index (χ1v) is 9.98. The van der Waals surface area contributed by atoms with Crippen molar-refractivity contribution in [2.24, 2.45) is 0 Å². The number of nitrogens with zero attached hydrogens (tertiary/aromatic N) is 1. The molecule has 1 saturated heterocycles. The van der Waals surface area contributed by atoms with E-state index in [2.05, 4.69) is 4.72 Å². The summed E-state index contributed by atoms with van der Waals surface area (Å²) < 4.78 is 27.7. The number of rotatable bonds is 4. The molecule has 1 aliphatic heterocycles. The molecule has 5 nitrogen and oxygen atoms in total. The number of amides is 1. The molecule has 2 aromatic carbocycles. The molecule has 0 aromatic heterocycles. The van der Waals surface area contributed by atoms with Gasteiger partial charge in [-0.05, 0) is 55.3 Å². The predicted octanol–water partition coefficient (Wildman–Crippen LogP) is 4.03. The van der Waals surface area contributed by atoms with E-state index < -0.39 is 10.0 Å². The summed E-state index contributed by atoms with van der Waals surface area (Å²) in [5, 5.41) is 0.554. The van der Waals surface area contributed by atoms with E-state index in [1.165, 1.54) is 12.1 Å². The van der Waals surface area contributed by atoms with Gasteiger partial charge in [0.25, 0.3) is 15.9 Å². The lowest BCUT2D eigenvalue weighted by Crippen LogP contribution is -2.27. The third-order valence-electron chi connectivity index (χ3n) is 3.96. The summed E-state index contributed by atoms with van der Waals surface area (Å²) >= 11 is 11.9. The van der Waals surface area contributed by atoms with Gasteiger partial charge in [0, 0.05) is 29.4 Å². The van der Waals surface area contributed by atoms with Crippen molar-refractivity contribution in [1.29, 1.82) is 0 Å². The van der Waals surface area contributed by atoms with Crippen molar-refractivity contribution in [1.82, 2.24) is 4.90 Å². The minimum absolute atomic E-state index is 0.0550. The van der Waals surface area contributed by atoms with Gasteiger partial charge in [-0.25, -0.2) is 8.42 Å². The summed E-state index contributed by atoms with van der Waals surface area (Å²) in [6.07, 6.45) is 1.92. The van der Waals surface area contributed by atoms with Crippen LogP contribution >= 0.6 is 23.2 Å². The summed E-state index contributed by atoms with van der Waals surface area (Å²) in [6, 6.07) is 10.6. The summed E-state index contributed by atoms with van der Waals surface area (Å²) in [7, 11) is -3.93. The smallest absolute Gasteiger partial charge is 0.263 e. The fraction of sp³-hybridized carbons (Fsp3) is 0.235. The number of sulfonamides is 1. The topological polar surface area (TPSA) is 66.5 Å². The highest BCUT2D eigenvalue weighted by Gasteiger charge is 2.24. The highest BCUT2D eigenvalue weighted by molar-refractivity contribution is 7.92. The van der Waals surface area contributed by atoms with Crippen LogP contribution in [0.25, 0.3) is 0 Å². The van der Waals surface area contributed by atoms with Gasteiger partial charge in [-0.1, -0.05) is 23.2 Å². The summed E-state index contributed by atoms with van der Waals surface area (Å²) in [5.74, 6) is -0.183. The molecule has 8 heteroatoms. The van der Waals surface area contributed by atoms with E-state index in [-0.39, 0.29) is 15.8 Å². The molecule has 3 rings (SSSR count). The van der Waals surface area contributed by atoms with Gasteiger partial charge in [-0.15, -0.1) is 0 Å². The number of nitrogens with one attached hydrogen (secondary N) is 1. The molecular formula is C17H16Cl2N2O3S. The fourth-order valence-electron chi connectivity index (χ4n) is 2.67. The van der Waals surface area contributed by atoms with E-state index >= 15 is 0 Å². The third kappa shape index (κ3) is 4.08. The van der Waals surface area contributed by atoms with E-state index in [1.807, 2.05) is 0 Å². The first-order chi connectivity index (χ1) is 11.9. The van der Waals surface area contributed by atoms with Gasteiger partial charge in [0.05, 0.1) is 5.02 Å². The number of hydrogen-bond acceptors (Lipinski definition) is 3. The Morgan fingerprint density at radius 3 is 2.28 bits per heavy atom. The van der Waals surface area contributed by atoms with Crippen LogP contribution in [0.2, 0.25) is 10.0 Å². The molecule has 0 aliphatic carbocycles. The van der Waals surface area contributed by atoms with E-state index in [0.29, 0.717) is 29.4 Å². The van der Waals surface area contributed by atoms with Crippen molar-refractivity contribution < 1.29 is 13.2 Å². The molecule has 1 amide bonds. The zero-order valence-corrected chi connectivity index (χ0v) is 15.5. The molecule has 0 unspecified atom stereocenters. The Labute approximate surface area is 156 Å². The van der Waals surface area contributed by atoms with Crippen LogP contribution in [0.5, 0.6) is 0 Å². The van der Waals surface area contributed by atoms with Crippen LogP contribution in [0.3, 0.4) is 0 Å². The molecule has 2 aromatic rings. The Hall–Kier alpha value is -1.76. The number of carbonyl (C=O) groups is 1. The Morgan fingerprint density at radius 1 is 1.00 bits per heavy atom. The Kier molecular flexibility index (Phi) is 5.22. The molecule has 1 N–H and O–H groups in total. The number of likely N-dealkylation sites (tertiary alicyclic amines) is 1. The van der Waals surface area contributed by atoms with Crippen molar-refractivity contribution in [3.8, 4) is 0 Å². The van der Waals surface area contributed by atoms with Crippen LogP contribution < -0.4 is 4.72 Å². The molecule has 1 heterocycles. The van der Waals surface area contributed by atoms with Gasteiger partial charge in [-0.3, -0.25) is 9.52 Å². The lowest BCUT2D eigenvalue weighted by atomic mass is 10.2. The zero-order valence-electron chi connectivity index (χ0n) is 13.2. The van der Waals surface area contributed by atoms with Gasteiger partial charge >= 0.3 is 0 Å². The monoisotopic (exact) mass is 398 g/mol. The zero-order chi connectivity index (χ0) is 18.0. The Balaban J connectivity index is 1.90. The molecule has 0 spiro atoms. The van der Waals surface area contributed by atoms with Crippen molar-refractivity contribution in [3.05, 3.63) is 58.1 Å². The normalized spacial score (nSPS) is 14.6. The van der Waals surface area contributed by atoms with Crippen molar-refractivity contribution in [2.45, 2.75) is 17.7 Å². The Morgan fingerprint density at radius 2 is 1.64 bits per heavy atom. The number of hydrogen-bond donors (Lipinski definition) is 1. The molecule has 0 atom stereocenters. The minimum Gasteiger partial charge on any atom is -0.339 e. The first-order valence-electron chi connectivity index (χ1n) is 7.74. The van der Waals surface area contributed by atoms with E-state index in [4.69, 9.17) is 23.2 Å². The minimum atomic E-state index is -3.93. The summed E-state index contributed by atoms with van der Waals surface area (Å²) in [4.78, 5) is 14.1. The molecule has 0 radical (unpaired) electrons. The SMILES string of the molecule is O=C(c1ccc(Cl)c(S(=O)(=O)Nc2ccc(Cl)cc2)c1)N1CCCC1. The first kappa shape index (κ1) is 18.0. The fourth-order valence-corrected chi connectivity index (χ4v) is 4.38. The quantitative estimate of drug-likeness (QED) is 0.844. The van der Waals surface area contributed by atoms with Gasteiger partial charge in [0.1, 0.15) is 4.90 Å². The number of benzene rings is 2. The van der Waals surface area contributed by atoms with E-state index in [9.17, 15) is 13.2 Å². The second-order valence-electron chi connectivity index (χ2n) is 5.76. The van der Waals surface area contributed by atoms with Crippen LogP contribution in [0.4, 0.5) is 5.69 Å². The number of halogens is 2. The number of carbonyl (C=O) groups excluding carboxylic acids is 1. The van der Waals surface area contributed by atoms with E-state index in [1.54, 1.807) is 35.2 Å². The van der Waals surface area contributed by atoms with Crippen molar-refractivity contribution in [2.75, 3.05) is 17.8 Å². The van der Waals surface area contributed by atoms with Crippen molar-refractivity contribution in [3.63, 3.8) is 0 Å². The molecule has 25 heavy (non-hydrogen) atoms. The molecule has 1 fully saturated rings. The summed E-state index contributed by atoms with van der Waals surface area (Å²) in [6.45, 7) is 1.37. The lowest BCUT2D eigenvalue weighted by Gasteiger charge is -2.16. The molecular weight excluding hydrogens is 383 g/mol. The van der Waals surface area contributed by atoms with Gasteiger partial charge in [-0.2, -0.15) is 0 Å². The molecule has 1 aliphatic rings. The maximum absolute atomic E-state index is 12.6. The van der Waals surface area contributed by atoms with E-state index in [0.717, 1.165) is 12.8 Å². The second kappa shape index (κ2) is 7.23. The number of anilines is 1. The third-order valence-corrected chi connectivity index (χ3v) is 6.07. The largest absolute Gasteiger partial charge is 0.339 e. The molecule has 0 saturated carbocycles. The Bertz CT molecular complexity index is 893. The van der Waals surface area contributed by atoms with Crippen LogP contribution in [0.1, 0.15) is 23.2 Å². The van der Waals surface area contributed by atoms with Crippen LogP contribution in [-0.4, -0.2) is 32.3 Å². The maximum Gasteiger partial charge on any atom is 0.263 e. The van der Waals surface area contributed by atoms with Crippen molar-refractivity contribution >= 4 is 44.8 Å². The van der Waals surface area contributed by atoms with Gasteiger partial charge in [0.15, 0.2) is 0 Å². The average Bonchev–Trinajstić information content (AvgIpc) is 3.11. The highest BCUT2D eigenvalue weighted by Crippen LogP contribution is 2.26. The van der Waals surface area contributed by atoms with Gasteiger partial charge < -0.3 is 4.90 Å². The predicted molar refractivity (Wildman–Crippen MR) is 98.9 cm³/mol. The summed E-state index contributed by atoms with van der Waals surface area (Å²) in [5.41, 5.74) is 0.666. The molecule has 0 bridgehead atoms. The molecule has 132 valence electrons. The lowest BCUT2D eigenvalue weighted by molar-refractivity contribution is 0.0792. The average molecular weight is 399 g/mol. The van der Waals surface area contributed by atoms with Crippen LogP contribution in [-0.2, 0) is 10.0 Å². The highest BCUT2D eigenvalue weighted by atomic mass is 35.5. The van der Waals surface area contributed by atoms with Gasteiger partial charge in [0.2, 0.25) is 0 Å². The second-order valence-corrected chi connectivity index (χ2v) is 8.25. The van der Waals surface area contributed by atoms with Crippen LogP contribution in [0.15, 0.2) is 47.4 Å².